The Balaban J connectivity index is 2.40. The largest absolute Gasteiger partial charge is 0.456 e. The van der Waals surface area contributed by atoms with Gasteiger partial charge in [0, 0.05) is 24.4 Å². The number of nitrogens with one attached hydrogen (secondary N) is 1. The van der Waals surface area contributed by atoms with Crippen LogP contribution in [0.15, 0.2) is 36.4 Å². The smallest absolute Gasteiger partial charge is 0.255 e. The van der Waals surface area contributed by atoms with Gasteiger partial charge in [-0.1, -0.05) is 6.07 Å². The van der Waals surface area contributed by atoms with E-state index in [1.165, 1.54) is 12.1 Å². The Hall–Kier alpha value is -2.56. The van der Waals surface area contributed by atoms with E-state index in [1.807, 2.05) is 6.92 Å². The Morgan fingerprint density at radius 3 is 2.71 bits per heavy atom. The van der Waals surface area contributed by atoms with Crippen molar-refractivity contribution in [1.82, 2.24) is 5.32 Å². The van der Waals surface area contributed by atoms with Crippen LogP contribution in [0.1, 0.15) is 22.8 Å². The molecule has 0 spiro atoms. The molecule has 0 heterocycles. The molecule has 0 atom stereocenters. The van der Waals surface area contributed by atoms with Gasteiger partial charge in [-0.15, -0.1) is 0 Å². The van der Waals surface area contributed by atoms with Crippen LogP contribution in [0.25, 0.3) is 0 Å². The Labute approximate surface area is 122 Å². The molecular weight excluding hydrogens is 271 g/mol. The molecular formula is C16H17FN2O2. The maximum absolute atomic E-state index is 13.3. The molecule has 110 valence electrons. The van der Waals surface area contributed by atoms with Gasteiger partial charge in [0.2, 0.25) is 0 Å². The first-order valence-corrected chi connectivity index (χ1v) is 6.63. The van der Waals surface area contributed by atoms with Crippen molar-refractivity contribution in [2.75, 3.05) is 12.3 Å². The van der Waals surface area contributed by atoms with Crippen molar-refractivity contribution in [3.63, 3.8) is 0 Å². The SMILES string of the molecule is CCNC(=O)c1ccc(N)cc1Oc1cc(F)ccc1C. The third-order valence-electron chi connectivity index (χ3n) is 2.96. The van der Waals surface area contributed by atoms with Crippen LogP contribution in [0.4, 0.5) is 10.1 Å². The zero-order valence-corrected chi connectivity index (χ0v) is 11.9. The number of hydrogen-bond donors (Lipinski definition) is 2. The Bertz CT molecular complexity index is 671. The molecule has 0 aliphatic carbocycles. The summed E-state index contributed by atoms with van der Waals surface area (Å²) in [5.74, 6) is -0.0126. The van der Waals surface area contributed by atoms with E-state index in [0.717, 1.165) is 5.56 Å². The quantitative estimate of drug-likeness (QED) is 0.849. The summed E-state index contributed by atoms with van der Waals surface area (Å²) in [6.45, 7) is 4.13. The number of halogens is 1. The summed E-state index contributed by atoms with van der Waals surface area (Å²) >= 11 is 0. The highest BCUT2D eigenvalue weighted by molar-refractivity contribution is 5.97. The van der Waals surface area contributed by atoms with Crippen molar-refractivity contribution in [2.24, 2.45) is 0 Å². The molecule has 4 nitrogen and oxygen atoms in total. The first kappa shape index (κ1) is 14.8. The number of anilines is 1. The Morgan fingerprint density at radius 2 is 2.00 bits per heavy atom. The summed E-state index contributed by atoms with van der Waals surface area (Å²) in [5, 5.41) is 2.70. The van der Waals surface area contributed by atoms with Crippen LogP contribution in [-0.4, -0.2) is 12.5 Å². The predicted octanol–water partition coefficient (Wildman–Crippen LogP) is 3.26. The van der Waals surface area contributed by atoms with Crippen LogP contribution in [0.3, 0.4) is 0 Å². The fraction of sp³-hybridized carbons (Fsp3) is 0.188. The van der Waals surface area contributed by atoms with Crippen molar-refractivity contribution in [1.29, 1.82) is 0 Å². The van der Waals surface area contributed by atoms with E-state index in [2.05, 4.69) is 5.32 Å². The zero-order chi connectivity index (χ0) is 15.4. The molecule has 2 rings (SSSR count). The highest BCUT2D eigenvalue weighted by Crippen LogP contribution is 2.30. The number of nitrogen functional groups attached to an aromatic ring is 1. The minimum Gasteiger partial charge on any atom is -0.456 e. The van der Waals surface area contributed by atoms with Gasteiger partial charge in [0.15, 0.2) is 0 Å². The molecule has 0 aromatic heterocycles. The van der Waals surface area contributed by atoms with E-state index in [4.69, 9.17) is 10.5 Å². The van der Waals surface area contributed by atoms with E-state index in [-0.39, 0.29) is 5.91 Å². The lowest BCUT2D eigenvalue weighted by atomic mass is 10.1. The van der Waals surface area contributed by atoms with E-state index in [1.54, 1.807) is 31.2 Å². The number of hydrogen-bond acceptors (Lipinski definition) is 3. The standard InChI is InChI=1S/C16H17FN2O2/c1-3-19-16(20)13-7-6-12(18)9-15(13)21-14-8-11(17)5-4-10(14)2/h4-9H,3,18H2,1-2H3,(H,19,20). The molecule has 0 aliphatic heterocycles. The Morgan fingerprint density at radius 1 is 1.24 bits per heavy atom. The van der Waals surface area contributed by atoms with Crippen molar-refractivity contribution < 1.29 is 13.9 Å². The summed E-state index contributed by atoms with van der Waals surface area (Å²) in [5.41, 5.74) is 7.32. The van der Waals surface area contributed by atoms with Crippen LogP contribution >= 0.6 is 0 Å². The van der Waals surface area contributed by atoms with E-state index in [0.29, 0.717) is 29.3 Å². The molecule has 0 aliphatic rings. The van der Waals surface area contributed by atoms with Crippen molar-refractivity contribution >= 4 is 11.6 Å². The van der Waals surface area contributed by atoms with Gasteiger partial charge in [-0.05, 0) is 37.6 Å². The summed E-state index contributed by atoms with van der Waals surface area (Å²) in [7, 11) is 0. The maximum atomic E-state index is 13.3. The van der Waals surface area contributed by atoms with Crippen LogP contribution in [0.2, 0.25) is 0 Å². The lowest BCUT2D eigenvalue weighted by molar-refractivity contribution is 0.0953. The molecule has 3 N–H and O–H groups in total. The number of carbonyl (C=O) groups excluding carboxylic acids is 1. The maximum Gasteiger partial charge on any atom is 0.255 e. The molecule has 2 aromatic rings. The van der Waals surface area contributed by atoms with Gasteiger partial charge >= 0.3 is 0 Å². The van der Waals surface area contributed by atoms with Gasteiger partial charge in [0.25, 0.3) is 5.91 Å². The summed E-state index contributed by atoms with van der Waals surface area (Å²) in [6, 6.07) is 9.00. The second-order valence-corrected chi connectivity index (χ2v) is 4.63. The topological polar surface area (TPSA) is 64.4 Å². The van der Waals surface area contributed by atoms with Crippen molar-refractivity contribution in [3.8, 4) is 11.5 Å². The fourth-order valence-electron chi connectivity index (χ4n) is 1.87. The van der Waals surface area contributed by atoms with Crippen LogP contribution < -0.4 is 15.8 Å². The van der Waals surface area contributed by atoms with E-state index in [9.17, 15) is 9.18 Å². The number of aryl methyl sites for hydroxylation is 1. The summed E-state index contributed by atoms with van der Waals surface area (Å²) in [6.07, 6.45) is 0. The summed E-state index contributed by atoms with van der Waals surface area (Å²) in [4.78, 5) is 12.0. The number of benzene rings is 2. The molecule has 0 radical (unpaired) electrons. The molecule has 0 fully saturated rings. The molecule has 5 heteroatoms. The second kappa shape index (κ2) is 6.26. The highest BCUT2D eigenvalue weighted by Gasteiger charge is 2.14. The number of nitrogens with two attached hydrogens (primary N) is 1. The monoisotopic (exact) mass is 288 g/mol. The van der Waals surface area contributed by atoms with Gasteiger partial charge in [-0.25, -0.2) is 4.39 Å². The Kier molecular flexibility index (Phi) is 4.42. The molecule has 0 saturated heterocycles. The molecule has 0 unspecified atom stereocenters. The first-order valence-electron chi connectivity index (χ1n) is 6.63. The number of ether oxygens (including phenoxy) is 1. The van der Waals surface area contributed by atoms with Crippen LogP contribution in [0.5, 0.6) is 11.5 Å². The van der Waals surface area contributed by atoms with Crippen LogP contribution in [-0.2, 0) is 0 Å². The minimum absolute atomic E-state index is 0.262. The lowest BCUT2D eigenvalue weighted by Crippen LogP contribution is -2.23. The van der Waals surface area contributed by atoms with Crippen molar-refractivity contribution in [3.05, 3.63) is 53.3 Å². The molecule has 21 heavy (non-hydrogen) atoms. The first-order chi connectivity index (χ1) is 10.0. The lowest BCUT2D eigenvalue weighted by Gasteiger charge is -2.13. The average molecular weight is 288 g/mol. The van der Waals surface area contributed by atoms with E-state index >= 15 is 0 Å². The van der Waals surface area contributed by atoms with E-state index < -0.39 is 5.82 Å². The fourth-order valence-corrected chi connectivity index (χ4v) is 1.87. The van der Waals surface area contributed by atoms with Crippen molar-refractivity contribution in [2.45, 2.75) is 13.8 Å². The van der Waals surface area contributed by atoms with Gasteiger partial charge < -0.3 is 15.8 Å². The third-order valence-corrected chi connectivity index (χ3v) is 2.96. The van der Waals surface area contributed by atoms with Gasteiger partial charge in [0.05, 0.1) is 5.56 Å². The van der Waals surface area contributed by atoms with Crippen LogP contribution in [0, 0.1) is 12.7 Å². The molecule has 0 saturated carbocycles. The summed E-state index contributed by atoms with van der Waals surface area (Å²) < 4.78 is 19.0. The minimum atomic E-state index is -0.404. The number of carbonyl (C=O) groups is 1. The predicted molar refractivity (Wildman–Crippen MR) is 80.1 cm³/mol. The van der Waals surface area contributed by atoms with Gasteiger partial charge in [-0.2, -0.15) is 0 Å². The molecule has 0 bridgehead atoms. The highest BCUT2D eigenvalue weighted by atomic mass is 19.1. The van der Waals surface area contributed by atoms with Gasteiger partial charge in [-0.3, -0.25) is 4.79 Å². The van der Waals surface area contributed by atoms with Gasteiger partial charge in [0.1, 0.15) is 17.3 Å². The number of amides is 1. The third kappa shape index (κ3) is 3.51. The zero-order valence-electron chi connectivity index (χ0n) is 11.9. The second-order valence-electron chi connectivity index (χ2n) is 4.63. The molecule has 2 aromatic carbocycles. The normalized spacial score (nSPS) is 10.2. The molecule has 1 amide bonds. The average Bonchev–Trinajstić information content (AvgIpc) is 2.43. The number of rotatable bonds is 4.